The lowest BCUT2D eigenvalue weighted by molar-refractivity contribution is 0.331. The smallest absolute Gasteiger partial charge is 0.243 e. The van der Waals surface area contributed by atoms with Gasteiger partial charge in [0.1, 0.15) is 0 Å². The molecule has 1 unspecified atom stereocenters. The molecule has 0 bridgehead atoms. The minimum absolute atomic E-state index is 0.135. The van der Waals surface area contributed by atoms with Gasteiger partial charge >= 0.3 is 0 Å². The minimum Gasteiger partial charge on any atom is -0.338 e. The van der Waals surface area contributed by atoms with Gasteiger partial charge < -0.3 is 9.84 Å². The van der Waals surface area contributed by atoms with Gasteiger partial charge in [-0.3, -0.25) is 0 Å². The molecule has 96 valence electrons. The number of aromatic nitrogens is 2. The molecule has 0 spiro atoms. The van der Waals surface area contributed by atoms with Crippen molar-refractivity contribution in [2.24, 2.45) is 0 Å². The summed E-state index contributed by atoms with van der Waals surface area (Å²) in [6.45, 7) is 2.08. The van der Waals surface area contributed by atoms with Crippen molar-refractivity contribution < 1.29 is 4.52 Å². The van der Waals surface area contributed by atoms with E-state index in [0.29, 0.717) is 12.3 Å². The molecule has 0 radical (unpaired) electrons. The van der Waals surface area contributed by atoms with Crippen LogP contribution in [0.1, 0.15) is 36.7 Å². The van der Waals surface area contributed by atoms with E-state index >= 15 is 0 Å². The quantitative estimate of drug-likeness (QED) is 0.922. The number of benzene rings is 1. The van der Waals surface area contributed by atoms with Gasteiger partial charge in [0, 0.05) is 10.9 Å². The average molecular weight is 310 g/mol. The van der Waals surface area contributed by atoms with Crippen molar-refractivity contribution in [3.8, 4) is 0 Å². The average Bonchev–Trinajstić information content (AvgIpc) is 2.82. The lowest BCUT2D eigenvalue weighted by Gasteiger charge is -2.06. The summed E-state index contributed by atoms with van der Waals surface area (Å²) >= 11 is 3.41. The molecule has 1 heterocycles. The second kappa shape index (κ2) is 6.11. The van der Waals surface area contributed by atoms with Gasteiger partial charge in [0.15, 0.2) is 5.82 Å². The summed E-state index contributed by atoms with van der Waals surface area (Å²) in [4.78, 5) is 4.42. The highest BCUT2D eigenvalue weighted by molar-refractivity contribution is 9.10. The van der Waals surface area contributed by atoms with Crippen molar-refractivity contribution in [1.82, 2.24) is 15.5 Å². The van der Waals surface area contributed by atoms with Crippen LogP contribution in [0.5, 0.6) is 0 Å². The number of hydrogen-bond acceptors (Lipinski definition) is 4. The monoisotopic (exact) mass is 309 g/mol. The van der Waals surface area contributed by atoms with Crippen LogP contribution in [0.2, 0.25) is 0 Å². The van der Waals surface area contributed by atoms with E-state index in [1.54, 1.807) is 0 Å². The summed E-state index contributed by atoms with van der Waals surface area (Å²) in [6, 6.07) is 8.26. The third-order valence-electron chi connectivity index (χ3n) is 2.81. The Hall–Kier alpha value is -1.20. The fraction of sp³-hybridized carbons (Fsp3) is 0.385. The Bertz CT molecular complexity index is 491. The first-order valence-corrected chi connectivity index (χ1v) is 6.76. The zero-order valence-electron chi connectivity index (χ0n) is 10.5. The van der Waals surface area contributed by atoms with Crippen LogP contribution < -0.4 is 5.32 Å². The summed E-state index contributed by atoms with van der Waals surface area (Å²) in [5.41, 5.74) is 1.17. The maximum absolute atomic E-state index is 5.27. The lowest BCUT2D eigenvalue weighted by atomic mass is 10.1. The fourth-order valence-corrected chi connectivity index (χ4v) is 2.03. The van der Waals surface area contributed by atoms with Crippen LogP contribution in [0.15, 0.2) is 33.3 Å². The normalized spacial score (nSPS) is 12.6. The maximum Gasteiger partial charge on any atom is 0.243 e. The first-order chi connectivity index (χ1) is 8.72. The van der Waals surface area contributed by atoms with E-state index in [0.717, 1.165) is 16.7 Å². The van der Waals surface area contributed by atoms with Gasteiger partial charge in [-0.25, -0.2) is 0 Å². The Morgan fingerprint density at radius 3 is 2.67 bits per heavy atom. The Morgan fingerprint density at radius 1 is 1.33 bits per heavy atom. The molecule has 0 saturated carbocycles. The third kappa shape index (κ3) is 3.17. The van der Waals surface area contributed by atoms with Crippen LogP contribution >= 0.6 is 15.9 Å². The minimum atomic E-state index is 0.135. The van der Waals surface area contributed by atoms with Crippen LogP contribution in [0.4, 0.5) is 0 Å². The van der Waals surface area contributed by atoms with Crippen molar-refractivity contribution >= 4 is 15.9 Å². The van der Waals surface area contributed by atoms with Crippen LogP contribution in [0.3, 0.4) is 0 Å². The van der Waals surface area contributed by atoms with Crippen molar-refractivity contribution in [1.29, 1.82) is 0 Å². The Kier molecular flexibility index (Phi) is 4.49. The molecule has 18 heavy (non-hydrogen) atoms. The second-order valence-electron chi connectivity index (χ2n) is 4.10. The van der Waals surface area contributed by atoms with Gasteiger partial charge in [-0.15, -0.1) is 0 Å². The van der Waals surface area contributed by atoms with Crippen LogP contribution in [-0.2, 0) is 6.42 Å². The second-order valence-corrected chi connectivity index (χ2v) is 5.02. The molecule has 4 nitrogen and oxygen atoms in total. The fourth-order valence-electron chi connectivity index (χ4n) is 1.77. The standard InChI is InChI=1S/C13H16BrN3O/c1-3-11(15-2)13-16-12(17-18-13)8-9-4-6-10(14)7-5-9/h4-7,11,15H,3,8H2,1-2H3. The number of nitrogens with zero attached hydrogens (tertiary/aromatic N) is 2. The SMILES string of the molecule is CCC(NC)c1nc(Cc2ccc(Br)cc2)no1. The molecule has 1 aromatic heterocycles. The molecule has 0 saturated heterocycles. The molecular weight excluding hydrogens is 294 g/mol. The third-order valence-corrected chi connectivity index (χ3v) is 3.34. The van der Waals surface area contributed by atoms with E-state index in [4.69, 9.17) is 4.52 Å². The summed E-state index contributed by atoms with van der Waals surface area (Å²) in [7, 11) is 1.90. The predicted octanol–water partition coefficient (Wildman–Crippen LogP) is 3.09. The predicted molar refractivity (Wildman–Crippen MR) is 73.3 cm³/mol. The van der Waals surface area contributed by atoms with Gasteiger partial charge in [-0.1, -0.05) is 40.1 Å². The maximum atomic E-state index is 5.27. The molecule has 1 N–H and O–H groups in total. The molecule has 0 aliphatic heterocycles. The van der Waals surface area contributed by atoms with E-state index in [-0.39, 0.29) is 6.04 Å². The van der Waals surface area contributed by atoms with Crippen molar-refractivity contribution in [2.75, 3.05) is 7.05 Å². The van der Waals surface area contributed by atoms with Gasteiger partial charge in [0.05, 0.1) is 6.04 Å². The summed E-state index contributed by atoms with van der Waals surface area (Å²) < 4.78 is 6.34. The molecule has 1 atom stereocenters. The Balaban J connectivity index is 2.08. The van der Waals surface area contributed by atoms with Crippen LogP contribution in [0.25, 0.3) is 0 Å². The molecule has 0 aliphatic carbocycles. The van der Waals surface area contributed by atoms with E-state index < -0.39 is 0 Å². The largest absolute Gasteiger partial charge is 0.338 e. The highest BCUT2D eigenvalue weighted by Crippen LogP contribution is 2.16. The molecule has 2 aromatic rings. The van der Waals surface area contributed by atoms with Crippen molar-refractivity contribution in [2.45, 2.75) is 25.8 Å². The number of rotatable bonds is 5. The van der Waals surface area contributed by atoms with Gasteiger partial charge in [-0.2, -0.15) is 4.98 Å². The van der Waals surface area contributed by atoms with Gasteiger partial charge in [0.25, 0.3) is 0 Å². The Morgan fingerprint density at radius 2 is 2.06 bits per heavy atom. The molecule has 1 aromatic carbocycles. The van der Waals surface area contributed by atoms with E-state index in [2.05, 4.69) is 50.4 Å². The molecular formula is C13H16BrN3O. The Labute approximate surface area is 115 Å². The number of nitrogens with one attached hydrogen (secondary N) is 1. The van der Waals surface area contributed by atoms with Crippen LogP contribution in [-0.4, -0.2) is 17.2 Å². The van der Waals surface area contributed by atoms with E-state index in [9.17, 15) is 0 Å². The van der Waals surface area contributed by atoms with Gasteiger partial charge in [-0.05, 0) is 31.2 Å². The summed E-state index contributed by atoms with van der Waals surface area (Å²) in [5.74, 6) is 1.38. The van der Waals surface area contributed by atoms with E-state index in [1.165, 1.54) is 5.56 Å². The highest BCUT2D eigenvalue weighted by atomic mass is 79.9. The number of hydrogen-bond donors (Lipinski definition) is 1. The topological polar surface area (TPSA) is 51.0 Å². The van der Waals surface area contributed by atoms with E-state index in [1.807, 2.05) is 19.2 Å². The molecule has 2 rings (SSSR count). The zero-order chi connectivity index (χ0) is 13.0. The molecule has 0 fully saturated rings. The van der Waals surface area contributed by atoms with Crippen molar-refractivity contribution in [3.05, 3.63) is 46.0 Å². The molecule has 0 aliphatic rings. The van der Waals surface area contributed by atoms with Crippen LogP contribution in [0, 0.1) is 0 Å². The highest BCUT2D eigenvalue weighted by Gasteiger charge is 2.15. The lowest BCUT2D eigenvalue weighted by Crippen LogP contribution is -2.15. The number of halogens is 1. The molecule has 5 heteroatoms. The zero-order valence-corrected chi connectivity index (χ0v) is 12.1. The van der Waals surface area contributed by atoms with Crippen molar-refractivity contribution in [3.63, 3.8) is 0 Å². The first kappa shape index (κ1) is 13.2. The summed E-state index contributed by atoms with van der Waals surface area (Å²) in [5, 5.41) is 7.16. The summed E-state index contributed by atoms with van der Waals surface area (Å²) in [6.07, 6.45) is 1.62. The molecule has 0 amide bonds. The van der Waals surface area contributed by atoms with Gasteiger partial charge in [0.2, 0.25) is 5.89 Å². The first-order valence-electron chi connectivity index (χ1n) is 5.97.